The van der Waals surface area contributed by atoms with E-state index in [0.29, 0.717) is 33.6 Å². The number of hydrogen-bond donors (Lipinski definition) is 0. The first-order chi connectivity index (χ1) is 9.49. The number of aliphatic carboxylic acids is 1. The summed E-state index contributed by atoms with van der Waals surface area (Å²) in [5.74, 6) is -1.81. The molecule has 7 heteroatoms. The van der Waals surface area contributed by atoms with Gasteiger partial charge in [0.1, 0.15) is 0 Å². The second-order valence-electron chi connectivity index (χ2n) is 4.85. The van der Waals surface area contributed by atoms with E-state index in [-0.39, 0.29) is 57.2 Å². The summed E-state index contributed by atoms with van der Waals surface area (Å²) in [6, 6.07) is 5.16. The molecule has 1 aliphatic heterocycles. The Bertz CT molecular complexity index is 722. The molecule has 2 aromatic heterocycles. The number of nitrogens with zero attached hydrogens (tertiary/aromatic N) is 1. The van der Waals surface area contributed by atoms with Crippen LogP contribution in [0.3, 0.4) is 0 Å². The van der Waals surface area contributed by atoms with Gasteiger partial charge in [0.2, 0.25) is 5.78 Å². The third kappa shape index (κ3) is 3.08. The van der Waals surface area contributed by atoms with Gasteiger partial charge in [0.15, 0.2) is 0 Å². The molecule has 0 saturated heterocycles. The van der Waals surface area contributed by atoms with E-state index in [2.05, 4.69) is 0 Å². The van der Waals surface area contributed by atoms with Crippen molar-refractivity contribution in [3.8, 4) is 0 Å². The van der Waals surface area contributed by atoms with E-state index in [1.54, 1.807) is 22.8 Å². The van der Waals surface area contributed by atoms with Crippen LogP contribution in [0, 0.1) is 6.92 Å². The van der Waals surface area contributed by atoms with Crippen LogP contribution >= 0.6 is 22.9 Å². The third-order valence-electron chi connectivity index (χ3n) is 3.61. The first-order valence-corrected chi connectivity index (χ1v) is 7.39. The maximum Gasteiger partial charge on any atom is 1.00 e. The number of halogens is 1. The van der Waals surface area contributed by atoms with Gasteiger partial charge >= 0.3 is 51.4 Å². The molecule has 104 valence electrons. The molecule has 1 unspecified atom stereocenters. The quantitative estimate of drug-likeness (QED) is 0.527. The van der Waals surface area contributed by atoms with Crippen molar-refractivity contribution < 1.29 is 66.1 Å². The largest absolute Gasteiger partial charge is 1.00 e. The van der Waals surface area contributed by atoms with Crippen LogP contribution in [-0.4, -0.2) is 16.3 Å². The van der Waals surface area contributed by atoms with Crippen LogP contribution in [0.1, 0.15) is 39.0 Å². The van der Waals surface area contributed by atoms with Crippen LogP contribution in [0.15, 0.2) is 18.2 Å². The third-order valence-corrected chi connectivity index (χ3v) is 4.84. The Morgan fingerprint density at radius 1 is 1.43 bits per heavy atom. The summed E-state index contributed by atoms with van der Waals surface area (Å²) >= 11 is 7.09. The van der Waals surface area contributed by atoms with Gasteiger partial charge in [0.25, 0.3) is 0 Å². The predicted molar refractivity (Wildman–Crippen MR) is 74.3 cm³/mol. The van der Waals surface area contributed by atoms with Crippen LogP contribution in [0.4, 0.5) is 0 Å². The van der Waals surface area contributed by atoms with Crippen molar-refractivity contribution in [2.75, 3.05) is 0 Å². The van der Waals surface area contributed by atoms with Gasteiger partial charge in [-0.15, -0.1) is 11.3 Å². The molecule has 21 heavy (non-hydrogen) atoms. The molecule has 4 nitrogen and oxygen atoms in total. The second kappa shape index (κ2) is 6.66. The molecule has 0 amide bonds. The van der Waals surface area contributed by atoms with Gasteiger partial charge in [-0.2, -0.15) is 0 Å². The summed E-state index contributed by atoms with van der Waals surface area (Å²) in [4.78, 5) is 24.2. The van der Waals surface area contributed by atoms with E-state index in [9.17, 15) is 14.7 Å². The maximum absolute atomic E-state index is 12.5. The van der Waals surface area contributed by atoms with E-state index < -0.39 is 11.9 Å². The van der Waals surface area contributed by atoms with E-state index in [0.717, 1.165) is 5.56 Å². The van der Waals surface area contributed by atoms with Gasteiger partial charge in [0.05, 0.1) is 20.9 Å². The fourth-order valence-corrected chi connectivity index (χ4v) is 3.72. The van der Waals surface area contributed by atoms with Crippen molar-refractivity contribution in [3.05, 3.63) is 44.4 Å². The SMILES string of the molecule is Cc1cc2n(c1C(=O)c1ccc(Cl)s1)CCC2C(=O)[O-].[K+]. The minimum absolute atomic E-state index is 0. The normalized spacial score (nSPS) is 16.4. The summed E-state index contributed by atoms with van der Waals surface area (Å²) in [5.41, 5.74) is 2.01. The smallest absolute Gasteiger partial charge is 0.549 e. The van der Waals surface area contributed by atoms with Crippen molar-refractivity contribution in [2.45, 2.75) is 25.8 Å². The summed E-state index contributed by atoms with van der Waals surface area (Å²) in [6.07, 6.45) is 0.476. The van der Waals surface area contributed by atoms with Gasteiger partial charge in [-0.1, -0.05) is 11.6 Å². The molecule has 0 aromatic carbocycles. The first-order valence-electron chi connectivity index (χ1n) is 6.20. The summed E-state index contributed by atoms with van der Waals surface area (Å²) in [5, 5.41) is 11.1. The summed E-state index contributed by atoms with van der Waals surface area (Å²) < 4.78 is 2.36. The Hall–Kier alpha value is 0.0464. The van der Waals surface area contributed by atoms with Gasteiger partial charge < -0.3 is 14.5 Å². The summed E-state index contributed by atoms with van der Waals surface area (Å²) in [6.45, 7) is 2.35. The van der Waals surface area contributed by atoms with Crippen molar-refractivity contribution in [1.29, 1.82) is 0 Å². The predicted octanol–water partition coefficient (Wildman–Crippen LogP) is -1.02. The van der Waals surface area contributed by atoms with Gasteiger partial charge in [-0.05, 0) is 37.1 Å². The number of carboxylic acids is 1. The molecule has 3 rings (SSSR count). The van der Waals surface area contributed by atoms with Crippen LogP contribution in [0.5, 0.6) is 0 Å². The molecular weight excluding hydrogens is 337 g/mol. The zero-order valence-electron chi connectivity index (χ0n) is 11.7. The van der Waals surface area contributed by atoms with Crippen LogP contribution in [0.2, 0.25) is 4.34 Å². The molecule has 1 atom stereocenters. The van der Waals surface area contributed by atoms with Gasteiger partial charge in [-0.3, -0.25) is 4.79 Å². The molecule has 1 aliphatic rings. The number of thiophene rings is 1. The number of aromatic nitrogens is 1. The zero-order chi connectivity index (χ0) is 14.4. The minimum atomic E-state index is -1.08. The van der Waals surface area contributed by atoms with E-state index in [1.807, 2.05) is 6.92 Å². The minimum Gasteiger partial charge on any atom is -0.549 e. The Labute approximate surface area is 173 Å². The molecule has 3 heterocycles. The molecule has 0 aliphatic carbocycles. The van der Waals surface area contributed by atoms with Crippen LogP contribution in [-0.2, 0) is 11.3 Å². The number of carbonyl (C=O) groups is 2. The van der Waals surface area contributed by atoms with E-state index in [1.165, 1.54) is 11.3 Å². The van der Waals surface area contributed by atoms with Crippen molar-refractivity contribution in [1.82, 2.24) is 4.57 Å². The van der Waals surface area contributed by atoms with Crippen molar-refractivity contribution in [3.63, 3.8) is 0 Å². The van der Waals surface area contributed by atoms with Crippen molar-refractivity contribution >= 4 is 34.7 Å². The molecule has 0 spiro atoms. The fourth-order valence-electron chi connectivity index (χ4n) is 2.74. The number of hydrogen-bond acceptors (Lipinski definition) is 4. The standard InChI is InChI=1S/C14H12ClNO3S.K/c1-7-6-9-8(14(18)19)4-5-16(9)12(7)13(17)10-2-3-11(15)20-10;/h2-3,6,8H,4-5H2,1H3,(H,18,19);/q;+1/p-1. The van der Waals surface area contributed by atoms with Gasteiger partial charge in [0, 0.05) is 18.2 Å². The molecule has 2 aromatic rings. The van der Waals surface area contributed by atoms with E-state index in [4.69, 9.17) is 11.6 Å². The molecule has 0 N–H and O–H groups in total. The number of rotatable bonds is 3. The Morgan fingerprint density at radius 2 is 2.14 bits per heavy atom. The average Bonchev–Trinajstić information content (AvgIpc) is 3.02. The van der Waals surface area contributed by atoms with E-state index >= 15 is 0 Å². The van der Waals surface area contributed by atoms with Gasteiger partial charge in [-0.25, -0.2) is 0 Å². The van der Waals surface area contributed by atoms with Crippen LogP contribution in [0.25, 0.3) is 0 Å². The second-order valence-corrected chi connectivity index (χ2v) is 6.56. The summed E-state index contributed by atoms with van der Waals surface area (Å²) in [7, 11) is 0. The first kappa shape index (κ1) is 17.4. The van der Waals surface area contributed by atoms with Crippen LogP contribution < -0.4 is 56.5 Å². The molecule has 0 radical (unpaired) electrons. The maximum atomic E-state index is 12.5. The number of fused-ring (bicyclic) bond motifs is 1. The monoisotopic (exact) mass is 347 g/mol. The number of aryl methyl sites for hydroxylation is 1. The Kier molecular flexibility index (Phi) is 5.52. The Morgan fingerprint density at radius 3 is 2.71 bits per heavy atom. The topological polar surface area (TPSA) is 62.1 Å². The molecular formula is C14H11ClKNO3S. The molecule has 0 fully saturated rings. The molecule has 0 bridgehead atoms. The molecule has 0 saturated carbocycles. The number of carbonyl (C=O) groups excluding carboxylic acids is 2. The number of ketones is 1. The zero-order valence-corrected chi connectivity index (χ0v) is 16.4. The Balaban J connectivity index is 0.00000161. The fraction of sp³-hybridized carbons (Fsp3) is 0.286. The van der Waals surface area contributed by atoms with Crippen molar-refractivity contribution in [2.24, 2.45) is 0 Å². The number of carboxylic acid groups (broad SMARTS) is 1. The average molecular weight is 348 g/mol.